The second kappa shape index (κ2) is 10.2. The molecule has 1 aliphatic rings. The summed E-state index contributed by atoms with van der Waals surface area (Å²) in [6.45, 7) is 3.18. The fourth-order valence-electron chi connectivity index (χ4n) is 4.64. The molecule has 0 saturated heterocycles. The maximum absolute atomic E-state index is 14.4. The molecular formula is C27H26FN3O4S. The topological polar surface area (TPSA) is 113 Å². The van der Waals surface area contributed by atoms with Crippen LogP contribution < -0.4 is 0 Å². The summed E-state index contributed by atoms with van der Waals surface area (Å²) >= 11 is 0. The van der Waals surface area contributed by atoms with Crippen molar-refractivity contribution in [2.24, 2.45) is 4.40 Å². The van der Waals surface area contributed by atoms with Gasteiger partial charge in [-0.2, -0.15) is 5.26 Å². The molecule has 36 heavy (non-hydrogen) atoms. The highest BCUT2D eigenvalue weighted by Gasteiger charge is 2.47. The standard InChI is InChI=1S/C27H26FN3O4S/c1-27(2)26(19-9-7-18(8-10-19)20-11-13-30-22(15-20)17-29)36(33,34)31-25(35-27)16-21(12-14-32)23-5-3-4-6-24(23)28/h3-11,13,15,21,26,32H,12,14,16H2,1-2H3/t21-,26+/m1/s1. The van der Waals surface area contributed by atoms with Crippen molar-refractivity contribution >= 4 is 15.9 Å². The smallest absolute Gasteiger partial charge is 0.267 e. The molecule has 3 aromatic rings. The molecule has 4 rings (SSSR count). The molecule has 0 fully saturated rings. The predicted molar refractivity (Wildman–Crippen MR) is 134 cm³/mol. The van der Waals surface area contributed by atoms with Gasteiger partial charge in [0.05, 0.1) is 0 Å². The quantitative estimate of drug-likeness (QED) is 0.487. The lowest BCUT2D eigenvalue weighted by Gasteiger charge is -2.38. The highest BCUT2D eigenvalue weighted by Crippen LogP contribution is 2.42. The van der Waals surface area contributed by atoms with Crippen molar-refractivity contribution in [2.45, 2.75) is 43.5 Å². The van der Waals surface area contributed by atoms with Crippen molar-refractivity contribution in [3.63, 3.8) is 0 Å². The number of benzene rings is 2. The van der Waals surface area contributed by atoms with Crippen molar-refractivity contribution < 1.29 is 22.7 Å². The Morgan fingerprint density at radius 3 is 2.50 bits per heavy atom. The third kappa shape index (κ3) is 5.30. The minimum atomic E-state index is -4.02. The number of nitriles is 1. The summed E-state index contributed by atoms with van der Waals surface area (Å²) in [6.07, 6.45) is 1.82. The number of ether oxygens (including phenoxy) is 1. The molecule has 1 aliphatic heterocycles. The van der Waals surface area contributed by atoms with E-state index in [4.69, 9.17) is 10.00 Å². The van der Waals surface area contributed by atoms with Gasteiger partial charge in [0.25, 0.3) is 10.0 Å². The van der Waals surface area contributed by atoms with E-state index in [0.29, 0.717) is 11.1 Å². The van der Waals surface area contributed by atoms with Crippen LogP contribution in [0.25, 0.3) is 11.1 Å². The van der Waals surface area contributed by atoms with E-state index in [1.807, 2.05) is 6.07 Å². The number of pyridine rings is 1. The first-order chi connectivity index (χ1) is 17.1. The summed E-state index contributed by atoms with van der Waals surface area (Å²) in [5.41, 5.74) is 1.63. The fourth-order valence-corrected chi connectivity index (χ4v) is 6.41. The van der Waals surface area contributed by atoms with Crippen LogP contribution in [0.15, 0.2) is 71.3 Å². The first-order valence-corrected chi connectivity index (χ1v) is 13.0. The second-order valence-corrected chi connectivity index (χ2v) is 10.9. The Balaban J connectivity index is 1.63. The number of hydrogen-bond donors (Lipinski definition) is 1. The molecular weight excluding hydrogens is 481 g/mol. The molecule has 0 aliphatic carbocycles. The van der Waals surface area contributed by atoms with Crippen LogP contribution in [0.3, 0.4) is 0 Å². The predicted octanol–water partition coefficient (Wildman–Crippen LogP) is 4.89. The number of sulfonamides is 1. The Bertz CT molecular complexity index is 1430. The van der Waals surface area contributed by atoms with E-state index in [2.05, 4.69) is 9.38 Å². The van der Waals surface area contributed by atoms with Crippen molar-refractivity contribution in [2.75, 3.05) is 6.61 Å². The average Bonchev–Trinajstić information content (AvgIpc) is 2.83. The molecule has 0 saturated carbocycles. The Morgan fingerprint density at radius 2 is 1.86 bits per heavy atom. The Labute approximate surface area is 210 Å². The normalized spacial score (nSPS) is 19.0. The number of rotatable bonds is 7. The molecule has 1 aromatic heterocycles. The maximum Gasteiger partial charge on any atom is 0.267 e. The van der Waals surface area contributed by atoms with Crippen molar-refractivity contribution in [3.05, 3.63) is 89.5 Å². The van der Waals surface area contributed by atoms with E-state index in [0.717, 1.165) is 11.1 Å². The number of aliphatic hydroxyl groups is 1. The Morgan fingerprint density at radius 1 is 1.14 bits per heavy atom. The van der Waals surface area contributed by atoms with Gasteiger partial charge in [0.1, 0.15) is 28.4 Å². The van der Waals surface area contributed by atoms with E-state index in [-0.39, 0.29) is 31.0 Å². The Kier molecular flexibility index (Phi) is 7.20. The minimum absolute atomic E-state index is 0.00427. The lowest BCUT2D eigenvalue weighted by atomic mass is 9.91. The molecule has 0 amide bonds. The number of halogens is 1. The van der Waals surface area contributed by atoms with E-state index in [1.54, 1.807) is 74.6 Å². The molecule has 7 nitrogen and oxygen atoms in total. The highest BCUT2D eigenvalue weighted by molar-refractivity contribution is 7.90. The van der Waals surface area contributed by atoms with Crippen molar-refractivity contribution in [1.29, 1.82) is 5.26 Å². The molecule has 0 radical (unpaired) electrons. The number of hydrogen-bond acceptors (Lipinski definition) is 6. The summed E-state index contributed by atoms with van der Waals surface area (Å²) in [7, 11) is -4.02. The van der Waals surface area contributed by atoms with Gasteiger partial charge in [0.2, 0.25) is 5.90 Å². The van der Waals surface area contributed by atoms with Crippen LogP contribution in [0, 0.1) is 17.1 Å². The summed E-state index contributed by atoms with van der Waals surface area (Å²) < 4.78 is 51.2. The lowest BCUT2D eigenvalue weighted by molar-refractivity contribution is 0.0797. The van der Waals surface area contributed by atoms with Crippen molar-refractivity contribution in [1.82, 2.24) is 4.98 Å². The molecule has 2 aromatic carbocycles. The van der Waals surface area contributed by atoms with Crippen LogP contribution in [0.2, 0.25) is 0 Å². The zero-order valence-corrected chi connectivity index (χ0v) is 20.7. The number of nitrogens with zero attached hydrogens (tertiary/aromatic N) is 3. The van der Waals surface area contributed by atoms with Gasteiger partial charge in [-0.25, -0.2) is 17.8 Å². The molecule has 0 spiro atoms. The van der Waals surface area contributed by atoms with Crippen molar-refractivity contribution in [3.8, 4) is 17.2 Å². The molecule has 0 unspecified atom stereocenters. The largest absolute Gasteiger partial charge is 0.472 e. The van der Waals surface area contributed by atoms with Gasteiger partial charge in [-0.3, -0.25) is 0 Å². The van der Waals surface area contributed by atoms with Gasteiger partial charge >= 0.3 is 0 Å². The van der Waals surface area contributed by atoms with Crippen LogP contribution in [0.4, 0.5) is 4.39 Å². The number of aliphatic hydroxyl groups excluding tert-OH is 1. The minimum Gasteiger partial charge on any atom is -0.472 e. The molecule has 2 heterocycles. The molecule has 0 bridgehead atoms. The van der Waals surface area contributed by atoms with Gasteiger partial charge in [-0.15, -0.1) is 4.40 Å². The van der Waals surface area contributed by atoms with Crippen LogP contribution in [0.5, 0.6) is 0 Å². The number of aromatic nitrogens is 1. The summed E-state index contributed by atoms with van der Waals surface area (Å²) in [6, 6.07) is 18.6. The van der Waals surface area contributed by atoms with Crippen LogP contribution in [0.1, 0.15) is 54.7 Å². The summed E-state index contributed by atoms with van der Waals surface area (Å²) in [5.74, 6) is -0.922. The summed E-state index contributed by atoms with van der Waals surface area (Å²) in [4.78, 5) is 3.97. The van der Waals surface area contributed by atoms with E-state index < -0.39 is 32.6 Å². The van der Waals surface area contributed by atoms with Crippen LogP contribution >= 0.6 is 0 Å². The SMILES string of the molecule is CC1(C)OC(C[C@@H](CCO)c2ccccc2F)=NS(=O)(=O)[C@H]1c1ccc(-c2ccnc(C#N)c2)cc1. The lowest BCUT2D eigenvalue weighted by Crippen LogP contribution is -2.43. The highest BCUT2D eigenvalue weighted by atomic mass is 32.2. The summed E-state index contributed by atoms with van der Waals surface area (Å²) in [5, 5.41) is 17.5. The van der Waals surface area contributed by atoms with Crippen LogP contribution in [-0.4, -0.2) is 36.6 Å². The van der Waals surface area contributed by atoms with Gasteiger partial charge in [0, 0.05) is 19.2 Å². The average molecular weight is 508 g/mol. The second-order valence-electron chi connectivity index (χ2n) is 9.18. The first-order valence-electron chi connectivity index (χ1n) is 11.5. The fraction of sp³-hybridized carbons (Fsp3) is 0.296. The Hall–Kier alpha value is -3.61. The van der Waals surface area contributed by atoms with Gasteiger partial charge < -0.3 is 9.84 Å². The molecule has 1 N–H and O–H groups in total. The zero-order chi connectivity index (χ0) is 25.9. The third-order valence-electron chi connectivity index (χ3n) is 6.20. The maximum atomic E-state index is 14.4. The van der Waals surface area contributed by atoms with Gasteiger partial charge in [-0.05, 0) is 66.6 Å². The zero-order valence-electron chi connectivity index (χ0n) is 19.9. The van der Waals surface area contributed by atoms with Crippen LogP contribution in [-0.2, 0) is 14.8 Å². The first kappa shape index (κ1) is 25.5. The third-order valence-corrected chi connectivity index (χ3v) is 8.10. The van der Waals surface area contributed by atoms with E-state index >= 15 is 0 Å². The molecule has 2 atom stereocenters. The monoisotopic (exact) mass is 507 g/mol. The molecule has 9 heteroatoms. The molecule has 186 valence electrons. The van der Waals surface area contributed by atoms with E-state index in [9.17, 15) is 17.9 Å². The van der Waals surface area contributed by atoms with Gasteiger partial charge in [-0.1, -0.05) is 42.5 Å². The van der Waals surface area contributed by atoms with E-state index in [1.165, 1.54) is 6.07 Å². The van der Waals surface area contributed by atoms with Gasteiger partial charge in [0.15, 0.2) is 0 Å².